The number of nitrogens with zero attached hydrogens (tertiary/aromatic N) is 1. The van der Waals surface area contributed by atoms with E-state index in [2.05, 4.69) is 90.9 Å². The van der Waals surface area contributed by atoms with Crippen LogP contribution in [-0.2, 0) is 0 Å². The van der Waals surface area contributed by atoms with E-state index < -0.39 is 0 Å². The topological polar surface area (TPSA) is 3.24 Å². The van der Waals surface area contributed by atoms with Crippen LogP contribution in [0.25, 0.3) is 12.2 Å². The standard InChI is InChI=1S/C22H19N/c1-3-18-13-15-21(16-14-18)23(20-10-6-5-7-11-20)22-12-8-9-19(4-2)17-22/h3-17H,1-2H2. The van der Waals surface area contributed by atoms with Crippen molar-refractivity contribution in [3.05, 3.63) is 103 Å². The molecule has 0 heterocycles. The summed E-state index contributed by atoms with van der Waals surface area (Å²) < 4.78 is 0. The van der Waals surface area contributed by atoms with Gasteiger partial charge in [0.05, 0.1) is 0 Å². The molecule has 23 heavy (non-hydrogen) atoms. The largest absolute Gasteiger partial charge is 0.310 e. The van der Waals surface area contributed by atoms with Crippen LogP contribution in [0.15, 0.2) is 92.0 Å². The van der Waals surface area contributed by atoms with Crippen molar-refractivity contribution in [1.29, 1.82) is 0 Å². The van der Waals surface area contributed by atoms with Crippen molar-refractivity contribution in [1.82, 2.24) is 0 Å². The van der Waals surface area contributed by atoms with Gasteiger partial charge in [0, 0.05) is 17.1 Å². The molecular weight excluding hydrogens is 278 g/mol. The molecule has 3 rings (SSSR count). The summed E-state index contributed by atoms with van der Waals surface area (Å²) in [5.41, 5.74) is 5.57. The molecular formula is C22H19N. The Kier molecular flexibility index (Phi) is 4.39. The maximum atomic E-state index is 3.87. The van der Waals surface area contributed by atoms with Crippen molar-refractivity contribution in [2.75, 3.05) is 4.90 Å². The molecule has 0 N–H and O–H groups in total. The van der Waals surface area contributed by atoms with Crippen LogP contribution in [0.3, 0.4) is 0 Å². The SMILES string of the molecule is C=Cc1ccc(N(c2ccccc2)c2cccc(C=C)c2)cc1. The van der Waals surface area contributed by atoms with Gasteiger partial charge in [-0.1, -0.05) is 67.8 Å². The van der Waals surface area contributed by atoms with Crippen LogP contribution in [0.2, 0.25) is 0 Å². The molecule has 1 nitrogen and oxygen atoms in total. The number of anilines is 3. The fourth-order valence-corrected chi connectivity index (χ4v) is 2.57. The van der Waals surface area contributed by atoms with Crippen molar-refractivity contribution < 1.29 is 0 Å². The normalized spacial score (nSPS) is 10.1. The Bertz CT molecular complexity index is 801. The molecule has 0 unspecified atom stereocenters. The molecule has 0 fully saturated rings. The van der Waals surface area contributed by atoms with E-state index in [1.165, 1.54) is 0 Å². The van der Waals surface area contributed by atoms with Gasteiger partial charge in [-0.25, -0.2) is 0 Å². The van der Waals surface area contributed by atoms with Gasteiger partial charge in [0.2, 0.25) is 0 Å². The Morgan fingerprint density at radius 1 is 0.565 bits per heavy atom. The zero-order valence-electron chi connectivity index (χ0n) is 13.0. The number of hydrogen-bond donors (Lipinski definition) is 0. The third-order valence-electron chi connectivity index (χ3n) is 3.77. The second-order valence-electron chi connectivity index (χ2n) is 5.27. The second-order valence-corrected chi connectivity index (χ2v) is 5.27. The average molecular weight is 297 g/mol. The van der Waals surface area contributed by atoms with Crippen molar-refractivity contribution >= 4 is 29.2 Å². The fourth-order valence-electron chi connectivity index (χ4n) is 2.57. The van der Waals surface area contributed by atoms with E-state index in [0.29, 0.717) is 0 Å². The van der Waals surface area contributed by atoms with Gasteiger partial charge in [0.15, 0.2) is 0 Å². The highest BCUT2D eigenvalue weighted by molar-refractivity contribution is 5.78. The van der Waals surface area contributed by atoms with Crippen LogP contribution in [0.5, 0.6) is 0 Å². The highest BCUT2D eigenvalue weighted by Crippen LogP contribution is 2.34. The van der Waals surface area contributed by atoms with Crippen LogP contribution in [0.4, 0.5) is 17.1 Å². The molecule has 0 amide bonds. The molecule has 0 saturated heterocycles. The van der Waals surface area contributed by atoms with Gasteiger partial charge in [-0.2, -0.15) is 0 Å². The molecule has 3 aromatic rings. The first kappa shape index (κ1) is 14.9. The molecule has 1 heteroatoms. The Morgan fingerprint density at radius 2 is 1.17 bits per heavy atom. The maximum Gasteiger partial charge on any atom is 0.0467 e. The van der Waals surface area contributed by atoms with Gasteiger partial charge in [0.25, 0.3) is 0 Å². The summed E-state index contributed by atoms with van der Waals surface area (Å²) in [5, 5.41) is 0. The van der Waals surface area contributed by atoms with Gasteiger partial charge in [-0.15, -0.1) is 0 Å². The summed E-state index contributed by atoms with van der Waals surface area (Å²) in [6, 6.07) is 27.1. The van der Waals surface area contributed by atoms with Gasteiger partial charge in [-0.3, -0.25) is 0 Å². The summed E-state index contributed by atoms with van der Waals surface area (Å²) in [7, 11) is 0. The summed E-state index contributed by atoms with van der Waals surface area (Å²) in [4.78, 5) is 2.24. The Balaban J connectivity index is 2.13. The molecule has 0 aliphatic heterocycles. The Morgan fingerprint density at radius 3 is 1.83 bits per heavy atom. The van der Waals surface area contributed by atoms with Gasteiger partial charge in [-0.05, 0) is 47.5 Å². The minimum Gasteiger partial charge on any atom is -0.310 e. The lowest BCUT2D eigenvalue weighted by Crippen LogP contribution is -2.09. The Labute approximate surface area is 137 Å². The van der Waals surface area contributed by atoms with E-state index in [4.69, 9.17) is 0 Å². The van der Waals surface area contributed by atoms with E-state index in [9.17, 15) is 0 Å². The minimum absolute atomic E-state index is 1.10. The van der Waals surface area contributed by atoms with Crippen molar-refractivity contribution in [2.45, 2.75) is 0 Å². The van der Waals surface area contributed by atoms with Crippen LogP contribution >= 0.6 is 0 Å². The Hall–Kier alpha value is -3.06. The van der Waals surface area contributed by atoms with E-state index in [1.807, 2.05) is 18.2 Å². The predicted octanol–water partition coefficient (Wildman–Crippen LogP) is 6.44. The summed E-state index contributed by atoms with van der Waals surface area (Å²) in [5.74, 6) is 0. The first-order valence-corrected chi connectivity index (χ1v) is 7.62. The molecule has 0 atom stereocenters. The van der Waals surface area contributed by atoms with Crippen molar-refractivity contribution in [3.63, 3.8) is 0 Å². The first-order chi connectivity index (χ1) is 11.3. The molecule has 0 aliphatic carbocycles. The van der Waals surface area contributed by atoms with E-state index in [0.717, 1.165) is 28.2 Å². The summed E-state index contributed by atoms with van der Waals surface area (Å²) in [6.45, 7) is 7.69. The zero-order valence-corrected chi connectivity index (χ0v) is 13.0. The monoisotopic (exact) mass is 297 g/mol. The smallest absolute Gasteiger partial charge is 0.0467 e. The molecule has 0 aromatic heterocycles. The van der Waals surface area contributed by atoms with E-state index in [1.54, 1.807) is 0 Å². The van der Waals surface area contributed by atoms with E-state index in [-0.39, 0.29) is 0 Å². The molecule has 0 bridgehead atoms. The fraction of sp³-hybridized carbons (Fsp3) is 0. The molecule has 3 aromatic carbocycles. The number of hydrogen-bond acceptors (Lipinski definition) is 1. The maximum absolute atomic E-state index is 3.87. The van der Waals surface area contributed by atoms with Gasteiger partial charge in [0.1, 0.15) is 0 Å². The summed E-state index contributed by atoms with van der Waals surface area (Å²) in [6.07, 6.45) is 3.72. The number of rotatable bonds is 5. The van der Waals surface area contributed by atoms with Crippen LogP contribution in [0.1, 0.15) is 11.1 Å². The van der Waals surface area contributed by atoms with E-state index >= 15 is 0 Å². The average Bonchev–Trinajstić information content (AvgIpc) is 2.64. The predicted molar refractivity (Wildman–Crippen MR) is 101 cm³/mol. The summed E-state index contributed by atoms with van der Waals surface area (Å²) >= 11 is 0. The minimum atomic E-state index is 1.10. The highest BCUT2D eigenvalue weighted by atomic mass is 15.1. The molecule has 112 valence electrons. The highest BCUT2D eigenvalue weighted by Gasteiger charge is 2.11. The van der Waals surface area contributed by atoms with Crippen LogP contribution in [0, 0.1) is 0 Å². The lowest BCUT2D eigenvalue weighted by Gasteiger charge is -2.25. The van der Waals surface area contributed by atoms with Gasteiger partial charge < -0.3 is 4.90 Å². The molecule has 0 aliphatic rings. The second kappa shape index (κ2) is 6.80. The number of benzene rings is 3. The zero-order chi connectivity index (χ0) is 16.1. The first-order valence-electron chi connectivity index (χ1n) is 7.62. The van der Waals surface area contributed by atoms with Crippen LogP contribution < -0.4 is 4.90 Å². The molecule has 0 saturated carbocycles. The van der Waals surface area contributed by atoms with Crippen LogP contribution in [-0.4, -0.2) is 0 Å². The van der Waals surface area contributed by atoms with Gasteiger partial charge >= 0.3 is 0 Å². The molecule has 0 spiro atoms. The third-order valence-corrected chi connectivity index (χ3v) is 3.77. The van der Waals surface area contributed by atoms with Crippen molar-refractivity contribution in [3.8, 4) is 0 Å². The lowest BCUT2D eigenvalue weighted by molar-refractivity contribution is 1.28. The lowest BCUT2D eigenvalue weighted by atomic mass is 10.1. The third kappa shape index (κ3) is 3.24. The number of para-hydroxylation sites is 1. The quantitative estimate of drug-likeness (QED) is 0.523. The van der Waals surface area contributed by atoms with Crippen molar-refractivity contribution in [2.24, 2.45) is 0 Å². The molecule has 0 radical (unpaired) electrons.